The molecule has 0 unspecified atom stereocenters. The van der Waals surface area contributed by atoms with E-state index in [0.717, 1.165) is 48.2 Å². The molecule has 0 aromatic heterocycles. The maximum absolute atomic E-state index is 14.2. The largest absolute Gasteiger partial charge is 0.352 e. The first kappa shape index (κ1) is 31.1. The Morgan fingerprint density at radius 3 is 2.24 bits per heavy atom. The van der Waals surface area contributed by atoms with Crippen molar-refractivity contribution in [3.05, 3.63) is 99.5 Å². The van der Waals surface area contributed by atoms with E-state index in [2.05, 4.69) is 21.2 Å². The van der Waals surface area contributed by atoms with Gasteiger partial charge in [-0.3, -0.25) is 13.9 Å². The zero-order valence-electron chi connectivity index (χ0n) is 23.0. The molecule has 1 atom stereocenters. The maximum Gasteiger partial charge on any atom is 0.244 e. The summed E-state index contributed by atoms with van der Waals surface area (Å²) >= 11 is 9.94. The summed E-state index contributed by atoms with van der Waals surface area (Å²) in [6.45, 7) is -0.435. The Morgan fingerprint density at radius 1 is 0.951 bits per heavy atom. The van der Waals surface area contributed by atoms with E-state index in [9.17, 15) is 18.0 Å². The van der Waals surface area contributed by atoms with Crippen LogP contribution in [0.25, 0.3) is 0 Å². The van der Waals surface area contributed by atoms with Crippen LogP contribution in [0.4, 0.5) is 5.69 Å². The Balaban J connectivity index is 1.74. The molecule has 1 fully saturated rings. The van der Waals surface area contributed by atoms with Crippen LogP contribution in [0.3, 0.4) is 0 Å². The predicted molar refractivity (Wildman–Crippen MR) is 167 cm³/mol. The van der Waals surface area contributed by atoms with Crippen LogP contribution in [0.5, 0.6) is 0 Å². The average molecular weight is 661 g/mol. The molecule has 0 heterocycles. The lowest BCUT2D eigenvalue weighted by Gasteiger charge is -2.35. The summed E-state index contributed by atoms with van der Waals surface area (Å²) in [5.41, 5.74) is 1.89. The number of hydrogen-bond donors (Lipinski definition) is 1. The van der Waals surface area contributed by atoms with E-state index in [1.807, 2.05) is 42.5 Å². The molecular formula is C31H35BrClN3O4S. The van der Waals surface area contributed by atoms with Crippen molar-refractivity contribution in [1.82, 2.24) is 10.2 Å². The second kappa shape index (κ2) is 14.3. The van der Waals surface area contributed by atoms with Gasteiger partial charge < -0.3 is 10.2 Å². The van der Waals surface area contributed by atoms with E-state index in [1.165, 1.54) is 4.90 Å². The van der Waals surface area contributed by atoms with Gasteiger partial charge in [-0.15, -0.1) is 0 Å². The van der Waals surface area contributed by atoms with Crippen LogP contribution in [0.1, 0.15) is 43.2 Å². The number of carbonyl (C=O) groups excluding carboxylic acids is 2. The normalized spacial score (nSPS) is 14.7. The topological polar surface area (TPSA) is 86.8 Å². The molecule has 3 aromatic rings. The first-order valence-electron chi connectivity index (χ1n) is 13.7. The van der Waals surface area contributed by atoms with Crippen LogP contribution in [0.15, 0.2) is 83.3 Å². The molecule has 0 spiro atoms. The number of nitrogens with one attached hydrogen (secondary N) is 1. The fourth-order valence-electron chi connectivity index (χ4n) is 5.16. The number of anilines is 1. The molecule has 41 heavy (non-hydrogen) atoms. The number of halogens is 2. The van der Waals surface area contributed by atoms with Gasteiger partial charge in [-0.1, -0.05) is 91.5 Å². The first-order valence-corrected chi connectivity index (χ1v) is 16.7. The second-order valence-corrected chi connectivity index (χ2v) is 13.6. The predicted octanol–water partition coefficient (Wildman–Crippen LogP) is 5.96. The van der Waals surface area contributed by atoms with Crippen LogP contribution in [-0.4, -0.2) is 50.0 Å². The number of rotatable bonds is 11. The maximum atomic E-state index is 14.2. The number of nitrogens with zero attached hydrogens (tertiary/aromatic N) is 2. The molecule has 0 bridgehead atoms. The van der Waals surface area contributed by atoms with E-state index in [0.29, 0.717) is 20.7 Å². The van der Waals surface area contributed by atoms with Crippen molar-refractivity contribution >= 4 is 55.1 Å². The molecule has 4 rings (SSSR count). The molecule has 1 aliphatic rings. The number of amides is 2. The highest BCUT2D eigenvalue weighted by atomic mass is 79.9. The standard InChI is InChI=1S/C31H35BrClN3O4S/c1-41(39,40)36(28-19-11-9-17-26(28)32)22-30(37)35(21-24-14-8-10-18-27(24)33)29(20-23-12-4-2-5-13-23)31(38)34-25-15-6-3-7-16-25/h2,4-5,8-14,17-19,25,29H,3,6-7,15-16,20-22H2,1H3,(H,34,38)/t29-/m0/s1. The van der Waals surface area contributed by atoms with Crippen LogP contribution in [-0.2, 0) is 32.6 Å². The van der Waals surface area contributed by atoms with Crippen LogP contribution < -0.4 is 9.62 Å². The van der Waals surface area contributed by atoms with Crippen molar-refractivity contribution in [3.63, 3.8) is 0 Å². The smallest absolute Gasteiger partial charge is 0.244 e. The van der Waals surface area contributed by atoms with Gasteiger partial charge >= 0.3 is 0 Å². The Hall–Kier alpha value is -2.88. The molecule has 218 valence electrons. The van der Waals surface area contributed by atoms with Gasteiger partial charge in [0.1, 0.15) is 12.6 Å². The van der Waals surface area contributed by atoms with Gasteiger partial charge in [0, 0.05) is 28.5 Å². The van der Waals surface area contributed by atoms with Gasteiger partial charge in [0.2, 0.25) is 21.8 Å². The molecule has 3 aromatic carbocycles. The molecule has 1 aliphatic carbocycles. The Bertz CT molecular complexity index is 1450. The minimum Gasteiger partial charge on any atom is -0.352 e. The van der Waals surface area contributed by atoms with E-state index in [1.54, 1.807) is 36.4 Å². The summed E-state index contributed by atoms with van der Waals surface area (Å²) in [7, 11) is -3.85. The lowest BCUT2D eigenvalue weighted by atomic mass is 9.94. The number of carbonyl (C=O) groups is 2. The van der Waals surface area contributed by atoms with Crippen LogP contribution in [0, 0.1) is 0 Å². The van der Waals surface area contributed by atoms with E-state index < -0.39 is 28.5 Å². The van der Waals surface area contributed by atoms with Crippen LogP contribution >= 0.6 is 27.5 Å². The molecule has 0 saturated heterocycles. The summed E-state index contributed by atoms with van der Waals surface area (Å²) in [5, 5.41) is 3.65. The second-order valence-electron chi connectivity index (χ2n) is 10.4. The summed E-state index contributed by atoms with van der Waals surface area (Å²) in [6, 6.07) is 22.7. The highest BCUT2D eigenvalue weighted by Crippen LogP contribution is 2.29. The van der Waals surface area contributed by atoms with E-state index in [4.69, 9.17) is 11.6 Å². The number of benzene rings is 3. The number of hydrogen-bond acceptors (Lipinski definition) is 4. The molecule has 1 N–H and O–H groups in total. The summed E-state index contributed by atoms with van der Waals surface area (Å²) < 4.78 is 27.5. The lowest BCUT2D eigenvalue weighted by molar-refractivity contribution is -0.140. The zero-order chi connectivity index (χ0) is 29.4. The van der Waals surface area contributed by atoms with Gasteiger partial charge in [-0.05, 0) is 58.1 Å². The van der Waals surface area contributed by atoms with Crippen molar-refractivity contribution in [3.8, 4) is 0 Å². The van der Waals surface area contributed by atoms with Crippen molar-refractivity contribution in [2.24, 2.45) is 0 Å². The Morgan fingerprint density at radius 2 is 1.59 bits per heavy atom. The molecule has 7 nitrogen and oxygen atoms in total. The fraction of sp³-hybridized carbons (Fsp3) is 0.355. The fourth-order valence-corrected chi connectivity index (χ4v) is 6.83. The third-order valence-corrected chi connectivity index (χ3v) is 9.49. The number of sulfonamides is 1. The summed E-state index contributed by atoms with van der Waals surface area (Å²) in [4.78, 5) is 29.7. The SMILES string of the molecule is CS(=O)(=O)N(CC(=O)N(Cc1ccccc1Cl)[C@@H](Cc1ccccc1)C(=O)NC1CCCCC1)c1ccccc1Br. The summed E-state index contributed by atoms with van der Waals surface area (Å²) in [6.07, 6.45) is 6.36. The first-order chi connectivity index (χ1) is 19.6. The highest BCUT2D eigenvalue weighted by molar-refractivity contribution is 9.10. The van der Waals surface area contributed by atoms with Crippen molar-refractivity contribution in [2.45, 2.75) is 57.2 Å². The number of para-hydroxylation sites is 1. The average Bonchev–Trinajstić information content (AvgIpc) is 2.95. The van der Waals surface area contributed by atoms with Gasteiger partial charge in [-0.2, -0.15) is 0 Å². The Kier molecular flexibility index (Phi) is 10.9. The van der Waals surface area contributed by atoms with Crippen molar-refractivity contribution < 1.29 is 18.0 Å². The minimum atomic E-state index is -3.85. The molecule has 0 radical (unpaired) electrons. The quantitative estimate of drug-likeness (QED) is 0.275. The third kappa shape index (κ3) is 8.56. The minimum absolute atomic E-state index is 0.0413. The van der Waals surface area contributed by atoms with Gasteiger partial charge in [0.05, 0.1) is 11.9 Å². The van der Waals surface area contributed by atoms with Crippen LogP contribution in [0.2, 0.25) is 5.02 Å². The third-order valence-electron chi connectivity index (χ3n) is 7.32. The molecule has 1 saturated carbocycles. The highest BCUT2D eigenvalue weighted by Gasteiger charge is 2.34. The molecule has 0 aliphatic heterocycles. The van der Waals surface area contributed by atoms with Gasteiger partial charge in [0.25, 0.3) is 0 Å². The van der Waals surface area contributed by atoms with Crippen molar-refractivity contribution in [2.75, 3.05) is 17.1 Å². The Labute approximate surface area is 256 Å². The molecule has 10 heteroatoms. The monoisotopic (exact) mass is 659 g/mol. The lowest BCUT2D eigenvalue weighted by Crippen LogP contribution is -2.55. The van der Waals surface area contributed by atoms with Gasteiger partial charge in [-0.25, -0.2) is 8.42 Å². The molecular weight excluding hydrogens is 626 g/mol. The van der Waals surface area contributed by atoms with Gasteiger partial charge in [0.15, 0.2) is 0 Å². The van der Waals surface area contributed by atoms with E-state index >= 15 is 0 Å². The zero-order valence-corrected chi connectivity index (χ0v) is 26.2. The molecule has 2 amide bonds. The summed E-state index contributed by atoms with van der Waals surface area (Å²) in [5.74, 6) is -0.765. The van der Waals surface area contributed by atoms with Crippen molar-refractivity contribution in [1.29, 1.82) is 0 Å². The van der Waals surface area contributed by atoms with E-state index in [-0.39, 0.29) is 24.9 Å².